The molecule has 1 saturated heterocycles. The van der Waals surface area contributed by atoms with Gasteiger partial charge in [0.15, 0.2) is 5.96 Å². The molecule has 0 atom stereocenters. The van der Waals surface area contributed by atoms with E-state index in [4.69, 9.17) is 0 Å². The number of piperazine rings is 1. The molecule has 0 unspecified atom stereocenters. The van der Waals surface area contributed by atoms with Crippen LogP contribution in [0.1, 0.15) is 6.42 Å². The number of nitrogens with zero attached hydrogens (tertiary/aromatic N) is 3. The quantitative estimate of drug-likeness (QED) is 0.425. The number of benzene rings is 1. The topological polar surface area (TPSA) is 60.0 Å². The van der Waals surface area contributed by atoms with Gasteiger partial charge in [-0.25, -0.2) is 4.39 Å². The van der Waals surface area contributed by atoms with Crippen molar-refractivity contribution in [3.8, 4) is 0 Å². The zero-order chi connectivity index (χ0) is 18.8. The highest BCUT2D eigenvalue weighted by molar-refractivity contribution is 7.98. The molecule has 1 aromatic rings. The first-order valence-electron chi connectivity index (χ1n) is 8.86. The Labute approximate surface area is 159 Å². The monoisotopic (exact) mass is 381 g/mol. The lowest BCUT2D eigenvalue weighted by Gasteiger charge is -2.36. The predicted molar refractivity (Wildman–Crippen MR) is 108 cm³/mol. The van der Waals surface area contributed by atoms with Crippen molar-refractivity contribution in [2.24, 2.45) is 4.99 Å². The van der Waals surface area contributed by atoms with Gasteiger partial charge in [-0.3, -0.25) is 9.79 Å². The molecule has 1 aliphatic heterocycles. The van der Waals surface area contributed by atoms with E-state index in [1.165, 1.54) is 12.1 Å². The highest BCUT2D eigenvalue weighted by Gasteiger charge is 2.21. The summed E-state index contributed by atoms with van der Waals surface area (Å²) in [5, 5.41) is 6.39. The van der Waals surface area contributed by atoms with E-state index in [2.05, 4.69) is 26.8 Å². The van der Waals surface area contributed by atoms with E-state index in [-0.39, 0.29) is 11.7 Å². The Hall–Kier alpha value is -1.96. The Balaban J connectivity index is 1.68. The minimum Gasteiger partial charge on any atom is -0.368 e. The van der Waals surface area contributed by atoms with E-state index in [1.807, 2.05) is 4.90 Å². The molecule has 0 aromatic heterocycles. The van der Waals surface area contributed by atoms with Crippen LogP contribution in [-0.4, -0.2) is 75.1 Å². The number of hydrogen-bond acceptors (Lipinski definition) is 4. The molecular weight excluding hydrogens is 353 g/mol. The van der Waals surface area contributed by atoms with Crippen LogP contribution < -0.4 is 15.5 Å². The van der Waals surface area contributed by atoms with Crippen molar-refractivity contribution in [3.05, 3.63) is 30.1 Å². The van der Waals surface area contributed by atoms with E-state index >= 15 is 0 Å². The molecule has 0 spiro atoms. The average Bonchev–Trinajstić information content (AvgIpc) is 2.67. The minimum absolute atomic E-state index is 0.149. The van der Waals surface area contributed by atoms with Crippen molar-refractivity contribution in [2.45, 2.75) is 6.42 Å². The second kappa shape index (κ2) is 10.9. The molecule has 0 bridgehead atoms. The van der Waals surface area contributed by atoms with Crippen molar-refractivity contribution in [3.63, 3.8) is 0 Å². The van der Waals surface area contributed by atoms with Crippen LogP contribution in [0.25, 0.3) is 0 Å². The maximum atomic E-state index is 13.0. The maximum Gasteiger partial charge on any atom is 0.224 e. The fourth-order valence-electron chi connectivity index (χ4n) is 2.80. The summed E-state index contributed by atoms with van der Waals surface area (Å²) in [6, 6.07) is 6.51. The first-order chi connectivity index (χ1) is 12.6. The number of hydrogen-bond donors (Lipinski definition) is 2. The van der Waals surface area contributed by atoms with E-state index < -0.39 is 0 Å². The maximum absolute atomic E-state index is 13.0. The first kappa shape index (κ1) is 20.4. The molecule has 1 heterocycles. The highest BCUT2D eigenvalue weighted by atomic mass is 32.2. The summed E-state index contributed by atoms with van der Waals surface area (Å²) >= 11 is 1.77. The highest BCUT2D eigenvalue weighted by Crippen LogP contribution is 2.17. The molecular formula is C18H28FN5OS. The summed E-state index contributed by atoms with van der Waals surface area (Å²) in [5.41, 5.74) is 1.00. The minimum atomic E-state index is -0.229. The Bertz CT molecular complexity index is 588. The molecule has 144 valence electrons. The van der Waals surface area contributed by atoms with Crippen molar-refractivity contribution in [1.82, 2.24) is 15.5 Å². The molecule has 1 aliphatic rings. The fourth-order valence-corrected chi connectivity index (χ4v) is 3.11. The van der Waals surface area contributed by atoms with E-state index in [0.29, 0.717) is 26.1 Å². The second-order valence-electron chi connectivity index (χ2n) is 6.01. The Morgan fingerprint density at radius 1 is 1.15 bits per heavy atom. The number of anilines is 1. The Morgan fingerprint density at radius 2 is 1.81 bits per heavy atom. The number of guanidine groups is 1. The van der Waals surface area contributed by atoms with Crippen molar-refractivity contribution in [1.29, 1.82) is 0 Å². The number of amides is 1. The molecule has 26 heavy (non-hydrogen) atoms. The number of rotatable bonds is 7. The predicted octanol–water partition coefficient (Wildman–Crippen LogP) is 1.39. The van der Waals surface area contributed by atoms with Crippen LogP contribution in [0.2, 0.25) is 0 Å². The van der Waals surface area contributed by atoms with Crippen LogP contribution in [0, 0.1) is 5.82 Å². The summed E-state index contributed by atoms with van der Waals surface area (Å²) in [6.07, 6.45) is 2.51. The van der Waals surface area contributed by atoms with Gasteiger partial charge in [0.2, 0.25) is 5.91 Å². The second-order valence-corrected chi connectivity index (χ2v) is 7.00. The summed E-state index contributed by atoms with van der Waals surface area (Å²) < 4.78 is 13.0. The molecule has 0 radical (unpaired) electrons. The molecule has 1 aromatic carbocycles. The third-order valence-corrected chi connectivity index (χ3v) is 4.89. The van der Waals surface area contributed by atoms with Crippen molar-refractivity contribution in [2.75, 3.05) is 63.2 Å². The summed E-state index contributed by atoms with van der Waals surface area (Å²) in [6.45, 7) is 4.33. The van der Waals surface area contributed by atoms with Gasteiger partial charge in [-0.15, -0.1) is 0 Å². The van der Waals surface area contributed by atoms with Crippen LogP contribution in [0.3, 0.4) is 0 Å². The number of nitrogens with one attached hydrogen (secondary N) is 2. The molecule has 1 fully saturated rings. The normalized spacial score (nSPS) is 15.1. The number of halogens is 1. The smallest absolute Gasteiger partial charge is 0.224 e. The van der Waals surface area contributed by atoms with Crippen LogP contribution >= 0.6 is 11.8 Å². The lowest BCUT2D eigenvalue weighted by Crippen LogP contribution is -2.49. The van der Waals surface area contributed by atoms with Gasteiger partial charge in [-0.05, 0) is 30.5 Å². The zero-order valence-corrected chi connectivity index (χ0v) is 16.3. The van der Waals surface area contributed by atoms with Crippen molar-refractivity contribution < 1.29 is 9.18 Å². The number of thioether (sulfide) groups is 1. The van der Waals surface area contributed by atoms with Crippen LogP contribution in [0.15, 0.2) is 29.3 Å². The first-order valence-corrected chi connectivity index (χ1v) is 10.2. The van der Waals surface area contributed by atoms with Gasteiger partial charge in [0, 0.05) is 64.2 Å². The zero-order valence-electron chi connectivity index (χ0n) is 15.5. The molecule has 6 nitrogen and oxygen atoms in total. The number of carbonyl (C=O) groups is 1. The summed E-state index contributed by atoms with van der Waals surface area (Å²) in [7, 11) is 1.73. The molecule has 1 amide bonds. The van der Waals surface area contributed by atoms with Gasteiger partial charge >= 0.3 is 0 Å². The number of aliphatic imine (C=N–C) groups is 1. The summed E-state index contributed by atoms with van der Waals surface area (Å²) in [5.74, 6) is 1.66. The van der Waals surface area contributed by atoms with Gasteiger partial charge in [-0.1, -0.05) is 0 Å². The lowest BCUT2D eigenvalue weighted by molar-refractivity contribution is -0.131. The largest absolute Gasteiger partial charge is 0.368 e. The Morgan fingerprint density at radius 3 is 2.42 bits per heavy atom. The third kappa shape index (κ3) is 6.40. The fraction of sp³-hybridized carbons (Fsp3) is 0.556. The SMILES string of the molecule is CN=C(NCCSC)NCCC(=O)N1CCN(c2ccc(F)cc2)CC1. The van der Waals surface area contributed by atoms with E-state index in [0.717, 1.165) is 37.0 Å². The lowest BCUT2D eigenvalue weighted by atomic mass is 10.2. The molecule has 2 rings (SSSR count). The standard InChI is InChI=1S/C18H28FN5OS/c1-20-18(22-9-14-26-2)21-8-7-17(25)24-12-10-23(11-13-24)16-5-3-15(19)4-6-16/h3-6H,7-14H2,1-2H3,(H2,20,21,22). The average molecular weight is 382 g/mol. The molecule has 0 aliphatic carbocycles. The number of carbonyl (C=O) groups excluding carboxylic acids is 1. The van der Waals surface area contributed by atoms with Gasteiger partial charge < -0.3 is 20.4 Å². The van der Waals surface area contributed by atoms with E-state index in [1.54, 1.807) is 30.9 Å². The van der Waals surface area contributed by atoms with Gasteiger partial charge in [0.1, 0.15) is 5.82 Å². The van der Waals surface area contributed by atoms with Crippen LogP contribution in [0.5, 0.6) is 0 Å². The van der Waals surface area contributed by atoms with Crippen LogP contribution in [0.4, 0.5) is 10.1 Å². The van der Waals surface area contributed by atoms with Crippen molar-refractivity contribution >= 4 is 29.3 Å². The van der Waals surface area contributed by atoms with Gasteiger partial charge in [0.25, 0.3) is 0 Å². The molecule has 8 heteroatoms. The van der Waals surface area contributed by atoms with Crippen LogP contribution in [-0.2, 0) is 4.79 Å². The molecule has 2 N–H and O–H groups in total. The van der Waals surface area contributed by atoms with E-state index in [9.17, 15) is 9.18 Å². The van der Waals surface area contributed by atoms with Gasteiger partial charge in [0.05, 0.1) is 0 Å². The van der Waals surface area contributed by atoms with Gasteiger partial charge in [-0.2, -0.15) is 11.8 Å². The Kier molecular flexibility index (Phi) is 8.53. The third-order valence-electron chi connectivity index (χ3n) is 4.28. The summed E-state index contributed by atoms with van der Waals surface area (Å²) in [4.78, 5) is 20.6. The molecule has 0 saturated carbocycles.